The van der Waals surface area contributed by atoms with Crippen LogP contribution in [0.1, 0.15) is 51.8 Å². The minimum Gasteiger partial charge on any atom is -0.496 e. The first-order valence-corrected chi connectivity index (χ1v) is 15.2. The number of amides is 1. The van der Waals surface area contributed by atoms with Crippen molar-refractivity contribution in [3.05, 3.63) is 131 Å². The molecule has 1 aliphatic heterocycles. The molecule has 0 radical (unpaired) electrons. The molecule has 6 heteroatoms. The second-order valence-corrected chi connectivity index (χ2v) is 11.5. The first-order chi connectivity index (χ1) is 21.0. The highest BCUT2D eigenvalue weighted by Crippen LogP contribution is 2.29. The standard InChI is InChI=1S/C37H43N3O3/c1-39(2)35(33-19-10-11-20-36(33)42-3)26-38-37(41)30-17-12-18-32(25-30)43-31-21-23-40(24-22-31)27-34(28-13-6-4-7-14-28)29-15-8-5-9-16-29/h4-20,25,31,34-35H,21-24,26-27H2,1-3H3,(H,38,41). The van der Waals surface area contributed by atoms with Crippen LogP contribution in [-0.4, -0.2) is 69.2 Å². The van der Waals surface area contributed by atoms with Crippen LogP contribution < -0.4 is 14.8 Å². The Bertz CT molecular complexity index is 1400. The first-order valence-electron chi connectivity index (χ1n) is 15.2. The van der Waals surface area contributed by atoms with E-state index in [0.717, 1.165) is 49.5 Å². The maximum atomic E-state index is 13.2. The lowest BCUT2D eigenvalue weighted by atomic mass is 9.90. The number of likely N-dealkylation sites (tertiary alicyclic amines) is 1. The molecular formula is C37H43N3O3. The maximum absolute atomic E-state index is 13.2. The van der Waals surface area contributed by atoms with E-state index in [1.165, 1.54) is 11.1 Å². The van der Waals surface area contributed by atoms with Crippen LogP contribution in [0.2, 0.25) is 0 Å². The molecule has 1 atom stereocenters. The van der Waals surface area contributed by atoms with Crippen molar-refractivity contribution in [3.8, 4) is 11.5 Å². The van der Waals surface area contributed by atoms with Gasteiger partial charge in [-0.25, -0.2) is 0 Å². The van der Waals surface area contributed by atoms with Gasteiger partial charge >= 0.3 is 0 Å². The van der Waals surface area contributed by atoms with Gasteiger partial charge < -0.3 is 24.6 Å². The normalized spacial score (nSPS) is 14.9. The summed E-state index contributed by atoms with van der Waals surface area (Å²) in [4.78, 5) is 17.8. The number of hydrogen-bond donors (Lipinski definition) is 1. The quantitative estimate of drug-likeness (QED) is 0.211. The molecule has 1 saturated heterocycles. The topological polar surface area (TPSA) is 54.0 Å². The molecule has 0 spiro atoms. The molecule has 4 aromatic rings. The van der Waals surface area contributed by atoms with Gasteiger partial charge in [-0.15, -0.1) is 0 Å². The smallest absolute Gasteiger partial charge is 0.251 e. The van der Waals surface area contributed by atoms with Crippen LogP contribution >= 0.6 is 0 Å². The number of hydrogen-bond acceptors (Lipinski definition) is 5. The number of ether oxygens (including phenoxy) is 2. The second-order valence-electron chi connectivity index (χ2n) is 11.5. The van der Waals surface area contributed by atoms with Gasteiger partial charge in [-0.2, -0.15) is 0 Å². The summed E-state index contributed by atoms with van der Waals surface area (Å²) in [7, 11) is 5.69. The van der Waals surface area contributed by atoms with Crippen LogP contribution in [0.4, 0.5) is 0 Å². The lowest BCUT2D eigenvalue weighted by Gasteiger charge is -2.34. The van der Waals surface area contributed by atoms with Gasteiger partial charge in [0.25, 0.3) is 5.91 Å². The number of benzene rings is 4. The third kappa shape index (κ3) is 8.04. The molecule has 1 aliphatic rings. The fourth-order valence-electron chi connectivity index (χ4n) is 5.95. The van der Waals surface area contributed by atoms with Crippen molar-refractivity contribution in [1.82, 2.24) is 15.1 Å². The molecule has 0 aliphatic carbocycles. The predicted octanol–water partition coefficient (Wildman–Crippen LogP) is 6.40. The highest BCUT2D eigenvalue weighted by Gasteiger charge is 2.25. The van der Waals surface area contributed by atoms with E-state index >= 15 is 0 Å². The lowest BCUT2D eigenvalue weighted by molar-refractivity contribution is 0.0931. The van der Waals surface area contributed by atoms with E-state index in [2.05, 4.69) is 75.8 Å². The number of piperidine rings is 1. The fourth-order valence-corrected chi connectivity index (χ4v) is 5.95. The van der Waals surface area contributed by atoms with Crippen molar-refractivity contribution in [2.24, 2.45) is 0 Å². The maximum Gasteiger partial charge on any atom is 0.251 e. The third-order valence-electron chi connectivity index (χ3n) is 8.36. The van der Waals surface area contributed by atoms with E-state index in [-0.39, 0.29) is 18.1 Å². The van der Waals surface area contributed by atoms with Crippen LogP contribution in [0, 0.1) is 0 Å². The van der Waals surface area contributed by atoms with Crippen molar-refractivity contribution < 1.29 is 14.3 Å². The van der Waals surface area contributed by atoms with Crippen LogP contribution in [-0.2, 0) is 0 Å². The minimum atomic E-state index is -0.116. The Balaban J connectivity index is 1.16. The summed E-state index contributed by atoms with van der Waals surface area (Å²) in [5.41, 5.74) is 4.34. The summed E-state index contributed by atoms with van der Waals surface area (Å²) in [6.07, 6.45) is 2.04. The number of methoxy groups -OCH3 is 1. The first kappa shape index (κ1) is 30.3. The zero-order valence-corrected chi connectivity index (χ0v) is 25.5. The predicted molar refractivity (Wildman–Crippen MR) is 173 cm³/mol. The molecule has 43 heavy (non-hydrogen) atoms. The van der Waals surface area contributed by atoms with Gasteiger partial charge in [-0.3, -0.25) is 4.79 Å². The summed E-state index contributed by atoms with van der Waals surface area (Å²) in [5, 5.41) is 3.11. The summed E-state index contributed by atoms with van der Waals surface area (Å²) in [6, 6.07) is 37.0. The Morgan fingerprint density at radius 2 is 1.49 bits per heavy atom. The largest absolute Gasteiger partial charge is 0.496 e. The van der Waals surface area contributed by atoms with Gasteiger partial charge in [0, 0.05) is 43.2 Å². The molecular weight excluding hydrogens is 534 g/mol. The van der Waals surface area contributed by atoms with Crippen molar-refractivity contribution in [2.75, 3.05) is 47.4 Å². The van der Waals surface area contributed by atoms with E-state index < -0.39 is 0 Å². The number of nitrogens with one attached hydrogen (secondary N) is 1. The molecule has 224 valence electrons. The van der Waals surface area contributed by atoms with Gasteiger partial charge in [0.1, 0.15) is 17.6 Å². The summed E-state index contributed by atoms with van der Waals surface area (Å²) in [5.74, 6) is 1.78. The van der Waals surface area contributed by atoms with E-state index in [4.69, 9.17) is 9.47 Å². The number of rotatable bonds is 12. The monoisotopic (exact) mass is 577 g/mol. The van der Waals surface area contributed by atoms with Gasteiger partial charge in [-0.1, -0.05) is 84.9 Å². The molecule has 5 rings (SSSR count). The van der Waals surface area contributed by atoms with Crippen molar-refractivity contribution in [1.29, 1.82) is 0 Å². The van der Waals surface area contributed by atoms with E-state index in [0.29, 0.717) is 18.0 Å². The van der Waals surface area contributed by atoms with Gasteiger partial charge in [0.05, 0.1) is 13.2 Å². The zero-order chi connectivity index (χ0) is 30.0. The molecule has 0 saturated carbocycles. The van der Waals surface area contributed by atoms with Crippen molar-refractivity contribution in [3.63, 3.8) is 0 Å². The third-order valence-corrected chi connectivity index (χ3v) is 8.36. The number of carbonyl (C=O) groups excluding carboxylic acids is 1. The Morgan fingerprint density at radius 3 is 2.12 bits per heavy atom. The lowest BCUT2D eigenvalue weighted by Crippen LogP contribution is -2.40. The number of carbonyl (C=O) groups is 1. The van der Waals surface area contributed by atoms with Crippen LogP contribution in [0.15, 0.2) is 109 Å². The van der Waals surface area contributed by atoms with Crippen LogP contribution in [0.3, 0.4) is 0 Å². The molecule has 0 aromatic heterocycles. The van der Waals surface area contributed by atoms with E-state index in [1.54, 1.807) is 7.11 Å². The van der Waals surface area contributed by atoms with Gasteiger partial charge in [0.15, 0.2) is 0 Å². The molecule has 1 amide bonds. The summed E-state index contributed by atoms with van der Waals surface area (Å²) in [6.45, 7) is 3.41. The van der Waals surface area contributed by atoms with Gasteiger partial charge in [-0.05, 0) is 62.3 Å². The van der Waals surface area contributed by atoms with Gasteiger partial charge in [0.2, 0.25) is 0 Å². The average molecular weight is 578 g/mol. The molecule has 0 bridgehead atoms. The number of para-hydroxylation sites is 1. The number of nitrogens with zero attached hydrogens (tertiary/aromatic N) is 2. The molecule has 1 N–H and O–H groups in total. The molecule has 6 nitrogen and oxygen atoms in total. The highest BCUT2D eigenvalue weighted by atomic mass is 16.5. The Kier molecular flexibility index (Phi) is 10.5. The highest BCUT2D eigenvalue weighted by molar-refractivity contribution is 5.94. The van der Waals surface area contributed by atoms with Crippen molar-refractivity contribution in [2.45, 2.75) is 30.9 Å². The Hall–Kier alpha value is -4.13. The molecule has 1 fully saturated rings. The average Bonchev–Trinajstić information content (AvgIpc) is 3.05. The summed E-state index contributed by atoms with van der Waals surface area (Å²) >= 11 is 0. The Labute approximate surface area is 256 Å². The fraction of sp³-hybridized carbons (Fsp3) is 0.324. The molecule has 1 unspecified atom stereocenters. The van der Waals surface area contributed by atoms with Crippen molar-refractivity contribution >= 4 is 5.91 Å². The molecule has 4 aromatic carbocycles. The minimum absolute atomic E-state index is 0.0203. The zero-order valence-electron chi connectivity index (χ0n) is 25.5. The second kappa shape index (κ2) is 14.9. The van der Waals surface area contributed by atoms with E-state index in [9.17, 15) is 4.79 Å². The van der Waals surface area contributed by atoms with Crippen LogP contribution in [0.25, 0.3) is 0 Å². The molecule has 1 heterocycles. The van der Waals surface area contributed by atoms with E-state index in [1.807, 2.05) is 62.6 Å². The van der Waals surface area contributed by atoms with Crippen LogP contribution in [0.5, 0.6) is 11.5 Å². The SMILES string of the molecule is COc1ccccc1C(CNC(=O)c1cccc(OC2CCN(CC(c3ccccc3)c3ccccc3)CC2)c1)N(C)C. The Morgan fingerprint density at radius 1 is 0.860 bits per heavy atom. The number of likely N-dealkylation sites (N-methyl/N-ethyl adjacent to an activating group) is 1. The summed E-state index contributed by atoms with van der Waals surface area (Å²) < 4.78 is 12.0.